The van der Waals surface area contributed by atoms with Gasteiger partial charge < -0.3 is 15.4 Å². The van der Waals surface area contributed by atoms with E-state index in [9.17, 15) is 14.4 Å². The Labute approximate surface area is 163 Å². The number of esters is 1. The number of anilines is 1. The lowest BCUT2D eigenvalue weighted by Gasteiger charge is -2.08. The van der Waals surface area contributed by atoms with Gasteiger partial charge in [-0.3, -0.25) is 14.4 Å². The largest absolute Gasteiger partial charge is 0.468 e. The van der Waals surface area contributed by atoms with Gasteiger partial charge >= 0.3 is 5.97 Å². The van der Waals surface area contributed by atoms with Crippen LogP contribution in [0.1, 0.15) is 15.9 Å². The average Bonchev–Trinajstić information content (AvgIpc) is 2.63. The summed E-state index contributed by atoms with van der Waals surface area (Å²) in [6.07, 6.45) is 1.60. The highest BCUT2D eigenvalue weighted by atomic mass is 79.9. The molecule has 0 unspecified atom stereocenters. The van der Waals surface area contributed by atoms with E-state index in [2.05, 4.69) is 36.3 Å². The molecular weight excluding hydrogens is 426 g/mol. The molecule has 2 aromatic rings. The van der Waals surface area contributed by atoms with Crippen LogP contribution in [0.25, 0.3) is 0 Å². The molecular formula is C17H15BrClN3O4. The maximum Gasteiger partial charge on any atom is 0.325 e. The Hall–Kier alpha value is -2.45. The maximum absolute atomic E-state index is 12.3. The first-order chi connectivity index (χ1) is 12.4. The van der Waals surface area contributed by atoms with Crippen LogP contribution >= 0.6 is 27.5 Å². The molecule has 0 spiro atoms. The summed E-state index contributed by atoms with van der Waals surface area (Å²) in [5.74, 6) is -1.22. The monoisotopic (exact) mass is 439 g/mol. The Kier molecular flexibility index (Phi) is 7.11. The van der Waals surface area contributed by atoms with Gasteiger partial charge in [0.1, 0.15) is 11.7 Å². The number of hydrogen-bond donors (Lipinski definition) is 2. The van der Waals surface area contributed by atoms with Crippen molar-refractivity contribution in [1.29, 1.82) is 0 Å². The van der Waals surface area contributed by atoms with Gasteiger partial charge in [0.25, 0.3) is 5.91 Å². The summed E-state index contributed by atoms with van der Waals surface area (Å²) in [6, 6.07) is 8.31. The molecule has 7 nitrogen and oxygen atoms in total. The fraction of sp³-hybridized carbons (Fsp3) is 0.176. The predicted molar refractivity (Wildman–Crippen MR) is 100 cm³/mol. The van der Waals surface area contributed by atoms with Crippen LogP contribution in [-0.4, -0.2) is 36.4 Å². The van der Waals surface area contributed by atoms with Gasteiger partial charge in [0.15, 0.2) is 0 Å². The number of hydrogen-bond acceptors (Lipinski definition) is 5. The Morgan fingerprint density at radius 3 is 2.58 bits per heavy atom. The van der Waals surface area contributed by atoms with Crippen LogP contribution in [0.2, 0.25) is 5.15 Å². The second-order valence-corrected chi connectivity index (χ2v) is 6.45. The SMILES string of the molecule is COC(=O)CNC(=O)Cc1ccc(NC(=O)c2cc(Br)cnc2Cl)cc1. The lowest BCUT2D eigenvalue weighted by Crippen LogP contribution is -2.31. The number of pyridine rings is 1. The van der Waals surface area contributed by atoms with Gasteiger partial charge in [-0.15, -0.1) is 0 Å². The van der Waals surface area contributed by atoms with E-state index < -0.39 is 11.9 Å². The summed E-state index contributed by atoms with van der Waals surface area (Å²) >= 11 is 9.17. The van der Waals surface area contributed by atoms with E-state index in [1.807, 2.05) is 0 Å². The molecule has 0 saturated heterocycles. The van der Waals surface area contributed by atoms with Crippen molar-refractivity contribution in [2.75, 3.05) is 19.0 Å². The van der Waals surface area contributed by atoms with Crippen LogP contribution in [0.15, 0.2) is 41.0 Å². The van der Waals surface area contributed by atoms with Crippen LogP contribution in [0.5, 0.6) is 0 Å². The van der Waals surface area contributed by atoms with Crippen molar-refractivity contribution in [2.24, 2.45) is 0 Å². The van der Waals surface area contributed by atoms with Crippen molar-refractivity contribution >= 4 is 51.0 Å². The van der Waals surface area contributed by atoms with Crippen molar-refractivity contribution in [3.8, 4) is 0 Å². The summed E-state index contributed by atoms with van der Waals surface area (Å²) in [5.41, 5.74) is 1.52. The Morgan fingerprint density at radius 1 is 1.23 bits per heavy atom. The summed E-state index contributed by atoms with van der Waals surface area (Å²) in [5, 5.41) is 5.26. The Balaban J connectivity index is 1.94. The van der Waals surface area contributed by atoms with Crippen LogP contribution in [-0.2, 0) is 20.7 Å². The number of nitrogens with one attached hydrogen (secondary N) is 2. The molecule has 0 bridgehead atoms. The first kappa shape index (κ1) is 19.9. The number of benzene rings is 1. The molecule has 0 fully saturated rings. The zero-order chi connectivity index (χ0) is 19.1. The van der Waals surface area contributed by atoms with Gasteiger partial charge in [0, 0.05) is 16.4 Å². The van der Waals surface area contributed by atoms with E-state index in [-0.39, 0.29) is 29.6 Å². The molecule has 9 heteroatoms. The number of nitrogens with zero attached hydrogens (tertiary/aromatic N) is 1. The second kappa shape index (κ2) is 9.30. The van der Waals surface area contributed by atoms with Crippen LogP contribution in [0.3, 0.4) is 0 Å². The molecule has 0 aliphatic carbocycles. The summed E-state index contributed by atoms with van der Waals surface area (Å²) < 4.78 is 5.08. The van der Waals surface area contributed by atoms with E-state index in [1.54, 1.807) is 30.3 Å². The van der Waals surface area contributed by atoms with Crippen molar-refractivity contribution in [1.82, 2.24) is 10.3 Å². The smallest absolute Gasteiger partial charge is 0.325 e. The minimum absolute atomic E-state index is 0.101. The number of halogens is 2. The zero-order valence-electron chi connectivity index (χ0n) is 13.7. The molecule has 0 atom stereocenters. The first-order valence-electron chi connectivity index (χ1n) is 7.44. The molecule has 1 aromatic heterocycles. The highest BCUT2D eigenvalue weighted by Gasteiger charge is 2.13. The van der Waals surface area contributed by atoms with Gasteiger partial charge in [0.2, 0.25) is 5.91 Å². The number of aromatic nitrogens is 1. The lowest BCUT2D eigenvalue weighted by molar-refractivity contribution is -0.141. The third-order valence-corrected chi connectivity index (χ3v) is 4.02. The van der Waals surface area contributed by atoms with E-state index >= 15 is 0 Å². The predicted octanol–water partition coefficient (Wildman–Crippen LogP) is 2.58. The first-order valence-corrected chi connectivity index (χ1v) is 8.61. The van der Waals surface area contributed by atoms with Crippen molar-refractivity contribution in [3.63, 3.8) is 0 Å². The fourth-order valence-corrected chi connectivity index (χ4v) is 2.50. The lowest BCUT2D eigenvalue weighted by atomic mass is 10.1. The molecule has 0 aliphatic heterocycles. The standard InChI is InChI=1S/C17H15BrClN3O4/c1-26-15(24)9-20-14(23)6-10-2-4-12(5-3-10)22-17(25)13-7-11(18)8-21-16(13)19/h2-5,7-8H,6,9H2,1H3,(H,20,23)(H,22,25). The molecule has 136 valence electrons. The number of rotatable bonds is 6. The Bertz CT molecular complexity index is 827. The van der Waals surface area contributed by atoms with E-state index in [0.717, 1.165) is 5.56 Å². The van der Waals surface area contributed by atoms with Crippen molar-refractivity contribution < 1.29 is 19.1 Å². The molecule has 26 heavy (non-hydrogen) atoms. The number of carbonyl (C=O) groups excluding carboxylic acids is 3. The van der Waals surface area contributed by atoms with E-state index in [4.69, 9.17) is 11.6 Å². The van der Waals surface area contributed by atoms with Gasteiger partial charge in [-0.05, 0) is 39.7 Å². The molecule has 2 rings (SSSR count). The van der Waals surface area contributed by atoms with Gasteiger partial charge in [-0.1, -0.05) is 23.7 Å². The van der Waals surface area contributed by atoms with Gasteiger partial charge in [0.05, 0.1) is 19.1 Å². The average molecular weight is 441 g/mol. The van der Waals surface area contributed by atoms with Crippen LogP contribution < -0.4 is 10.6 Å². The molecule has 0 radical (unpaired) electrons. The van der Waals surface area contributed by atoms with Crippen LogP contribution in [0, 0.1) is 0 Å². The van der Waals surface area contributed by atoms with Gasteiger partial charge in [-0.25, -0.2) is 4.98 Å². The van der Waals surface area contributed by atoms with Crippen LogP contribution in [0.4, 0.5) is 5.69 Å². The summed E-state index contributed by atoms with van der Waals surface area (Å²) in [6.45, 7) is -0.176. The topological polar surface area (TPSA) is 97.4 Å². The van der Waals surface area contributed by atoms with E-state index in [0.29, 0.717) is 10.2 Å². The molecule has 2 N–H and O–H groups in total. The zero-order valence-corrected chi connectivity index (χ0v) is 16.1. The minimum Gasteiger partial charge on any atom is -0.468 e. The third kappa shape index (κ3) is 5.82. The summed E-state index contributed by atoms with van der Waals surface area (Å²) in [7, 11) is 1.25. The molecule has 1 heterocycles. The summed E-state index contributed by atoms with van der Waals surface area (Å²) in [4.78, 5) is 38.9. The highest BCUT2D eigenvalue weighted by molar-refractivity contribution is 9.10. The van der Waals surface area contributed by atoms with Crippen molar-refractivity contribution in [2.45, 2.75) is 6.42 Å². The fourth-order valence-electron chi connectivity index (χ4n) is 1.98. The number of methoxy groups -OCH3 is 1. The minimum atomic E-state index is -0.517. The quantitative estimate of drug-likeness (QED) is 0.531. The van der Waals surface area contributed by atoms with Gasteiger partial charge in [-0.2, -0.15) is 0 Å². The number of ether oxygens (including phenoxy) is 1. The highest BCUT2D eigenvalue weighted by Crippen LogP contribution is 2.20. The number of carbonyl (C=O) groups is 3. The molecule has 0 aliphatic rings. The normalized spacial score (nSPS) is 10.1. The molecule has 2 amide bonds. The third-order valence-electron chi connectivity index (χ3n) is 3.28. The molecule has 0 saturated carbocycles. The van der Waals surface area contributed by atoms with Crippen molar-refractivity contribution in [3.05, 3.63) is 57.3 Å². The maximum atomic E-state index is 12.3. The second-order valence-electron chi connectivity index (χ2n) is 5.17. The number of amides is 2. The van der Waals surface area contributed by atoms with E-state index in [1.165, 1.54) is 13.3 Å². The molecule has 1 aromatic carbocycles. The Morgan fingerprint density at radius 2 is 1.92 bits per heavy atom.